The summed E-state index contributed by atoms with van der Waals surface area (Å²) in [5.74, 6) is -0.869. The number of aromatic nitrogens is 4. The molecule has 2 heterocycles. The standard InChI is InChI=1S/C20H17ClF7N5O/c1-9-15(10(2)32(30-9)7-11-4-3-5-12(6-11)20(26,27)28)29-13(34)8-33-17(19(24)25)14(21)16(31-33)18(22)23/h3-6,18-19H,7-8H2,1-2H3,(H,29,34). The molecule has 34 heavy (non-hydrogen) atoms. The summed E-state index contributed by atoms with van der Waals surface area (Å²) in [6, 6.07) is 4.65. The van der Waals surface area contributed by atoms with Crippen LogP contribution in [-0.4, -0.2) is 25.5 Å². The van der Waals surface area contributed by atoms with Crippen molar-refractivity contribution in [2.24, 2.45) is 0 Å². The average molecular weight is 512 g/mol. The molecule has 0 atom stereocenters. The number of alkyl halides is 7. The summed E-state index contributed by atoms with van der Waals surface area (Å²) in [5, 5.41) is 9.07. The Labute approximate surface area is 193 Å². The number of aryl methyl sites for hydroxylation is 1. The van der Waals surface area contributed by atoms with Crippen LogP contribution < -0.4 is 5.32 Å². The summed E-state index contributed by atoms with van der Waals surface area (Å²) < 4.78 is 93.1. The van der Waals surface area contributed by atoms with Crippen LogP contribution in [0.15, 0.2) is 24.3 Å². The number of nitrogens with zero attached hydrogens (tertiary/aromatic N) is 4. The molecule has 6 nitrogen and oxygen atoms in total. The van der Waals surface area contributed by atoms with E-state index in [9.17, 15) is 35.5 Å². The Morgan fingerprint density at radius 1 is 1.09 bits per heavy atom. The Bertz CT molecular complexity index is 1200. The summed E-state index contributed by atoms with van der Waals surface area (Å²) in [6.45, 7) is 2.21. The van der Waals surface area contributed by atoms with Crippen molar-refractivity contribution in [3.63, 3.8) is 0 Å². The van der Waals surface area contributed by atoms with E-state index >= 15 is 0 Å². The normalized spacial score (nSPS) is 12.1. The first-order chi connectivity index (χ1) is 15.8. The third-order valence-corrected chi connectivity index (χ3v) is 5.28. The summed E-state index contributed by atoms with van der Waals surface area (Å²) in [5.41, 5.74) is -1.71. The van der Waals surface area contributed by atoms with Gasteiger partial charge in [0.2, 0.25) is 5.91 Å². The molecule has 184 valence electrons. The van der Waals surface area contributed by atoms with Crippen LogP contribution >= 0.6 is 11.6 Å². The first-order valence-electron chi connectivity index (χ1n) is 9.62. The second-order valence-corrected chi connectivity index (χ2v) is 7.67. The molecule has 1 amide bonds. The zero-order chi connectivity index (χ0) is 25.4. The van der Waals surface area contributed by atoms with E-state index in [0.29, 0.717) is 21.6 Å². The summed E-state index contributed by atoms with van der Waals surface area (Å²) in [7, 11) is 0. The fraction of sp³-hybridized carbons (Fsp3) is 0.350. The van der Waals surface area contributed by atoms with Gasteiger partial charge in [0.1, 0.15) is 17.9 Å². The van der Waals surface area contributed by atoms with E-state index < -0.39 is 53.5 Å². The number of nitrogens with one attached hydrogen (secondary N) is 1. The highest BCUT2D eigenvalue weighted by atomic mass is 35.5. The molecule has 0 bridgehead atoms. The minimum Gasteiger partial charge on any atom is -0.321 e. The molecule has 1 N–H and O–H groups in total. The van der Waals surface area contributed by atoms with Crippen molar-refractivity contribution in [1.82, 2.24) is 19.6 Å². The van der Waals surface area contributed by atoms with Crippen LogP contribution in [0.4, 0.5) is 36.4 Å². The Kier molecular flexibility index (Phi) is 7.24. The maximum absolute atomic E-state index is 13.3. The molecule has 0 aliphatic heterocycles. The van der Waals surface area contributed by atoms with Crippen molar-refractivity contribution in [2.75, 3.05) is 5.32 Å². The lowest BCUT2D eigenvalue weighted by molar-refractivity contribution is -0.137. The number of halogens is 8. The van der Waals surface area contributed by atoms with Crippen LogP contribution in [0.2, 0.25) is 5.02 Å². The number of rotatable bonds is 7. The number of benzene rings is 1. The molecule has 0 aliphatic carbocycles. The van der Waals surface area contributed by atoms with Gasteiger partial charge in [-0.25, -0.2) is 17.6 Å². The van der Waals surface area contributed by atoms with Crippen LogP contribution in [0, 0.1) is 13.8 Å². The van der Waals surface area contributed by atoms with Gasteiger partial charge in [0.05, 0.1) is 34.2 Å². The maximum atomic E-state index is 13.3. The van der Waals surface area contributed by atoms with Gasteiger partial charge in [-0.3, -0.25) is 14.2 Å². The number of anilines is 1. The van der Waals surface area contributed by atoms with Crippen molar-refractivity contribution in [1.29, 1.82) is 0 Å². The first-order valence-corrected chi connectivity index (χ1v) is 9.99. The number of carbonyl (C=O) groups is 1. The number of carbonyl (C=O) groups excluding carboxylic acids is 1. The molecular formula is C20H17ClF7N5O. The lowest BCUT2D eigenvalue weighted by Gasteiger charge is -2.11. The maximum Gasteiger partial charge on any atom is 0.416 e. The Morgan fingerprint density at radius 3 is 2.35 bits per heavy atom. The molecule has 0 unspecified atom stereocenters. The Hall–Kier alpha value is -3.09. The molecule has 3 rings (SSSR count). The molecule has 0 spiro atoms. The monoisotopic (exact) mass is 511 g/mol. The SMILES string of the molecule is Cc1nn(Cc2cccc(C(F)(F)F)c2)c(C)c1NC(=O)Cn1nc(C(F)F)c(Cl)c1C(F)F. The van der Waals surface area contributed by atoms with Gasteiger partial charge < -0.3 is 5.32 Å². The lowest BCUT2D eigenvalue weighted by atomic mass is 10.1. The van der Waals surface area contributed by atoms with Gasteiger partial charge in [0.15, 0.2) is 0 Å². The Morgan fingerprint density at radius 2 is 1.76 bits per heavy atom. The smallest absolute Gasteiger partial charge is 0.321 e. The molecule has 0 saturated heterocycles. The quantitative estimate of drug-likeness (QED) is 0.400. The van der Waals surface area contributed by atoms with Crippen LogP contribution in [0.25, 0.3) is 0 Å². The topological polar surface area (TPSA) is 64.7 Å². The van der Waals surface area contributed by atoms with Gasteiger partial charge in [-0.15, -0.1) is 0 Å². The highest BCUT2D eigenvalue weighted by molar-refractivity contribution is 6.32. The molecule has 3 aromatic rings. The van der Waals surface area contributed by atoms with Crippen molar-refractivity contribution in [3.05, 3.63) is 63.2 Å². The predicted molar refractivity (Wildman–Crippen MR) is 108 cm³/mol. The van der Waals surface area contributed by atoms with Crippen LogP contribution in [0.5, 0.6) is 0 Å². The van der Waals surface area contributed by atoms with E-state index in [4.69, 9.17) is 11.6 Å². The summed E-state index contributed by atoms with van der Waals surface area (Å²) >= 11 is 5.57. The second kappa shape index (κ2) is 9.65. The number of hydrogen-bond acceptors (Lipinski definition) is 3. The van der Waals surface area contributed by atoms with Gasteiger partial charge in [-0.2, -0.15) is 23.4 Å². The summed E-state index contributed by atoms with van der Waals surface area (Å²) in [4.78, 5) is 12.5. The zero-order valence-electron chi connectivity index (χ0n) is 17.6. The van der Waals surface area contributed by atoms with Crippen molar-refractivity contribution in [3.8, 4) is 0 Å². The number of hydrogen-bond donors (Lipinski definition) is 1. The predicted octanol–water partition coefficient (Wildman–Crippen LogP) is 5.93. The highest BCUT2D eigenvalue weighted by Crippen LogP contribution is 2.35. The van der Waals surface area contributed by atoms with Gasteiger partial charge >= 0.3 is 6.18 Å². The van der Waals surface area contributed by atoms with Crippen LogP contribution in [-0.2, 0) is 24.1 Å². The average Bonchev–Trinajstić information content (AvgIpc) is 3.18. The van der Waals surface area contributed by atoms with Gasteiger partial charge in [0.25, 0.3) is 12.9 Å². The minimum atomic E-state index is -4.51. The highest BCUT2D eigenvalue weighted by Gasteiger charge is 2.31. The second-order valence-electron chi connectivity index (χ2n) is 7.29. The molecule has 0 aliphatic rings. The van der Waals surface area contributed by atoms with E-state index in [1.807, 2.05) is 0 Å². The third kappa shape index (κ3) is 5.34. The van der Waals surface area contributed by atoms with Gasteiger partial charge in [-0.1, -0.05) is 23.7 Å². The Balaban J connectivity index is 1.81. The lowest BCUT2D eigenvalue weighted by Crippen LogP contribution is -2.22. The van der Waals surface area contributed by atoms with E-state index in [0.717, 1.165) is 12.1 Å². The first kappa shape index (κ1) is 25.5. The fourth-order valence-electron chi connectivity index (χ4n) is 3.31. The van der Waals surface area contributed by atoms with E-state index in [1.165, 1.54) is 23.7 Å². The molecule has 1 aromatic carbocycles. The van der Waals surface area contributed by atoms with Crippen LogP contribution in [0.3, 0.4) is 0 Å². The molecule has 14 heteroatoms. The van der Waals surface area contributed by atoms with E-state index in [2.05, 4.69) is 15.5 Å². The third-order valence-electron chi connectivity index (χ3n) is 4.90. The van der Waals surface area contributed by atoms with E-state index in [-0.39, 0.29) is 12.2 Å². The van der Waals surface area contributed by atoms with Crippen LogP contribution in [0.1, 0.15) is 46.8 Å². The van der Waals surface area contributed by atoms with Gasteiger partial charge in [-0.05, 0) is 31.5 Å². The fourth-order valence-corrected chi connectivity index (χ4v) is 3.61. The van der Waals surface area contributed by atoms with Crippen molar-refractivity contribution >= 4 is 23.2 Å². The zero-order valence-corrected chi connectivity index (χ0v) is 18.4. The summed E-state index contributed by atoms with van der Waals surface area (Å²) in [6.07, 6.45) is -11.0. The molecule has 0 fully saturated rings. The van der Waals surface area contributed by atoms with E-state index in [1.54, 1.807) is 6.92 Å². The number of amides is 1. The molecule has 0 saturated carbocycles. The minimum absolute atomic E-state index is 0.0332. The van der Waals surface area contributed by atoms with Gasteiger partial charge in [0, 0.05) is 0 Å². The molecule has 0 radical (unpaired) electrons. The largest absolute Gasteiger partial charge is 0.416 e. The molecular weight excluding hydrogens is 495 g/mol. The van der Waals surface area contributed by atoms with Crippen molar-refractivity contribution < 1.29 is 35.5 Å². The molecule has 2 aromatic heterocycles. The van der Waals surface area contributed by atoms with Crippen molar-refractivity contribution in [2.45, 2.75) is 46.0 Å².